The number of fused-ring (bicyclic) bond motifs is 1. The van der Waals surface area contributed by atoms with Crippen molar-refractivity contribution in [3.8, 4) is 0 Å². The number of ether oxygens (including phenoxy) is 1. The highest BCUT2D eigenvalue weighted by Crippen LogP contribution is 2.33. The lowest BCUT2D eigenvalue weighted by atomic mass is 9.93. The number of piperidine rings is 1. The summed E-state index contributed by atoms with van der Waals surface area (Å²) in [5.41, 5.74) is 0. The summed E-state index contributed by atoms with van der Waals surface area (Å²) in [6.07, 6.45) is 5.79. The van der Waals surface area contributed by atoms with Crippen LogP contribution in [0.15, 0.2) is 0 Å². The summed E-state index contributed by atoms with van der Waals surface area (Å²) in [6, 6.07) is 0.471. The number of nitrogens with one attached hydrogen (secondary N) is 2. The maximum absolute atomic E-state index is 12.4. The molecule has 3 saturated heterocycles. The van der Waals surface area contributed by atoms with Crippen LogP contribution in [0.4, 0.5) is 4.79 Å². The lowest BCUT2D eigenvalue weighted by Crippen LogP contribution is -2.39. The number of hydrogen-bond donors (Lipinski definition) is 2. The minimum atomic E-state index is -0.157. The first kappa shape index (κ1) is 19.3. The topological polar surface area (TPSA) is 87.7 Å². The van der Waals surface area contributed by atoms with Gasteiger partial charge in [-0.15, -0.1) is 0 Å². The number of rotatable bonds is 7. The SMILES string of the molecule is COC(=O)CC1CCN(C(=O)CCCCC2SCC3NC(=O)NC32)CC1. The van der Waals surface area contributed by atoms with E-state index >= 15 is 0 Å². The molecule has 3 heterocycles. The zero-order chi connectivity index (χ0) is 18.5. The molecule has 0 bridgehead atoms. The van der Waals surface area contributed by atoms with Crippen LogP contribution >= 0.6 is 11.8 Å². The Bertz CT molecular complexity index is 537. The van der Waals surface area contributed by atoms with Crippen molar-refractivity contribution in [3.63, 3.8) is 0 Å². The van der Waals surface area contributed by atoms with E-state index in [0.717, 1.165) is 50.9 Å². The maximum Gasteiger partial charge on any atom is 0.315 e. The zero-order valence-electron chi connectivity index (χ0n) is 15.4. The van der Waals surface area contributed by atoms with Crippen molar-refractivity contribution in [2.75, 3.05) is 26.0 Å². The Labute approximate surface area is 159 Å². The Morgan fingerprint density at radius 1 is 1.23 bits per heavy atom. The molecule has 3 aliphatic heterocycles. The first-order valence-electron chi connectivity index (χ1n) is 9.60. The molecule has 0 radical (unpaired) electrons. The van der Waals surface area contributed by atoms with Crippen LogP contribution in [0.2, 0.25) is 0 Å². The number of amides is 3. The highest BCUT2D eigenvalue weighted by molar-refractivity contribution is 8.00. The summed E-state index contributed by atoms with van der Waals surface area (Å²) < 4.78 is 4.72. The molecule has 3 rings (SSSR count). The summed E-state index contributed by atoms with van der Waals surface area (Å²) in [4.78, 5) is 37.0. The van der Waals surface area contributed by atoms with Crippen molar-refractivity contribution >= 4 is 29.7 Å². The zero-order valence-corrected chi connectivity index (χ0v) is 16.2. The number of nitrogens with zero attached hydrogens (tertiary/aromatic N) is 1. The van der Waals surface area contributed by atoms with Gasteiger partial charge in [0.15, 0.2) is 0 Å². The smallest absolute Gasteiger partial charge is 0.315 e. The maximum atomic E-state index is 12.4. The molecule has 0 aromatic heterocycles. The average molecular weight is 384 g/mol. The van der Waals surface area contributed by atoms with Crippen molar-refractivity contribution in [1.82, 2.24) is 15.5 Å². The van der Waals surface area contributed by atoms with Crippen molar-refractivity contribution < 1.29 is 19.1 Å². The number of esters is 1. The second-order valence-corrected chi connectivity index (χ2v) is 8.74. The van der Waals surface area contributed by atoms with Crippen LogP contribution in [0.5, 0.6) is 0 Å². The number of thioether (sulfide) groups is 1. The minimum Gasteiger partial charge on any atom is -0.469 e. The lowest BCUT2D eigenvalue weighted by molar-refractivity contribution is -0.142. The van der Waals surface area contributed by atoms with E-state index in [1.807, 2.05) is 16.7 Å². The molecule has 3 amide bonds. The highest BCUT2D eigenvalue weighted by atomic mass is 32.2. The third kappa shape index (κ3) is 4.84. The van der Waals surface area contributed by atoms with Crippen LogP contribution in [0, 0.1) is 5.92 Å². The van der Waals surface area contributed by atoms with Gasteiger partial charge in [0.05, 0.1) is 19.2 Å². The molecule has 3 unspecified atom stereocenters. The van der Waals surface area contributed by atoms with E-state index in [1.54, 1.807) is 0 Å². The molecule has 0 spiro atoms. The number of carbonyl (C=O) groups excluding carboxylic acids is 3. The Morgan fingerprint density at radius 3 is 2.73 bits per heavy atom. The third-order valence-corrected chi connectivity index (χ3v) is 7.23. The number of unbranched alkanes of at least 4 members (excludes halogenated alkanes) is 1. The Hall–Kier alpha value is -1.44. The van der Waals surface area contributed by atoms with Crippen LogP contribution in [0.25, 0.3) is 0 Å². The Morgan fingerprint density at radius 2 is 2.00 bits per heavy atom. The molecule has 8 heteroatoms. The molecule has 0 saturated carbocycles. The molecule has 2 N–H and O–H groups in total. The number of hydrogen-bond acceptors (Lipinski definition) is 5. The highest BCUT2D eigenvalue weighted by Gasteiger charge is 2.42. The van der Waals surface area contributed by atoms with Crippen molar-refractivity contribution in [3.05, 3.63) is 0 Å². The van der Waals surface area contributed by atoms with Gasteiger partial charge in [0.25, 0.3) is 0 Å². The predicted molar refractivity (Wildman–Crippen MR) is 99.9 cm³/mol. The molecule has 0 aliphatic carbocycles. The molecule has 3 fully saturated rings. The van der Waals surface area contributed by atoms with E-state index in [-0.39, 0.29) is 30.0 Å². The molecule has 3 aliphatic rings. The van der Waals surface area contributed by atoms with Crippen molar-refractivity contribution in [2.45, 2.75) is 62.3 Å². The summed E-state index contributed by atoms with van der Waals surface area (Å²) in [7, 11) is 1.42. The average Bonchev–Trinajstić information content (AvgIpc) is 3.18. The van der Waals surface area contributed by atoms with Gasteiger partial charge in [-0.25, -0.2) is 4.79 Å². The second kappa shape index (κ2) is 8.97. The number of carbonyl (C=O) groups is 3. The normalized spacial score (nSPS) is 28.4. The first-order valence-corrected chi connectivity index (χ1v) is 10.6. The number of urea groups is 1. The molecule has 26 heavy (non-hydrogen) atoms. The number of likely N-dealkylation sites (tertiary alicyclic amines) is 1. The molecule has 7 nitrogen and oxygen atoms in total. The minimum absolute atomic E-state index is 0.0453. The molecule has 146 valence electrons. The van der Waals surface area contributed by atoms with Gasteiger partial charge in [-0.2, -0.15) is 11.8 Å². The van der Waals surface area contributed by atoms with Crippen molar-refractivity contribution in [1.29, 1.82) is 0 Å². The van der Waals surface area contributed by atoms with E-state index in [0.29, 0.717) is 24.0 Å². The standard InChI is InChI=1S/C18H29N3O4S/c1-25-16(23)10-12-6-8-21(9-7-12)15(22)5-3-2-4-14-17-13(11-26-14)19-18(24)20-17/h12-14,17H,2-11H2,1H3,(H2,19,20,24). The Balaban J connectivity index is 1.29. The summed E-state index contributed by atoms with van der Waals surface area (Å²) in [6.45, 7) is 1.50. The quantitative estimate of drug-likeness (QED) is 0.395. The molecular weight excluding hydrogens is 354 g/mol. The summed E-state index contributed by atoms with van der Waals surface area (Å²) >= 11 is 1.92. The van der Waals surface area contributed by atoms with Crippen LogP contribution < -0.4 is 10.6 Å². The Kier molecular flexibility index (Phi) is 6.67. The van der Waals surface area contributed by atoms with Gasteiger partial charge in [-0.3, -0.25) is 9.59 Å². The van der Waals surface area contributed by atoms with Gasteiger partial charge < -0.3 is 20.3 Å². The summed E-state index contributed by atoms with van der Waals surface area (Å²) in [5, 5.41) is 6.43. The van der Waals surface area contributed by atoms with Crippen LogP contribution in [-0.2, 0) is 14.3 Å². The van der Waals surface area contributed by atoms with Crippen molar-refractivity contribution in [2.24, 2.45) is 5.92 Å². The largest absolute Gasteiger partial charge is 0.469 e. The monoisotopic (exact) mass is 383 g/mol. The third-order valence-electron chi connectivity index (χ3n) is 5.72. The molecule has 3 atom stereocenters. The van der Waals surface area contributed by atoms with Gasteiger partial charge in [-0.1, -0.05) is 6.42 Å². The van der Waals surface area contributed by atoms with Gasteiger partial charge in [-0.05, 0) is 31.6 Å². The fourth-order valence-electron chi connectivity index (χ4n) is 4.13. The first-order chi connectivity index (χ1) is 12.6. The van der Waals surface area contributed by atoms with Crippen LogP contribution in [0.1, 0.15) is 44.9 Å². The van der Waals surface area contributed by atoms with Gasteiger partial charge >= 0.3 is 12.0 Å². The van der Waals surface area contributed by atoms with E-state index in [4.69, 9.17) is 4.74 Å². The summed E-state index contributed by atoms with van der Waals surface area (Å²) in [5.74, 6) is 1.40. The van der Waals surface area contributed by atoms with E-state index in [1.165, 1.54) is 7.11 Å². The fourth-order valence-corrected chi connectivity index (χ4v) is 5.67. The lowest BCUT2D eigenvalue weighted by Gasteiger charge is -2.31. The number of methoxy groups -OCH3 is 1. The van der Waals surface area contributed by atoms with Crippen LogP contribution in [0.3, 0.4) is 0 Å². The molecule has 0 aromatic rings. The van der Waals surface area contributed by atoms with E-state index in [2.05, 4.69) is 10.6 Å². The van der Waals surface area contributed by atoms with Gasteiger partial charge in [0.1, 0.15) is 0 Å². The fraction of sp³-hybridized carbons (Fsp3) is 0.833. The van der Waals surface area contributed by atoms with Gasteiger partial charge in [0, 0.05) is 36.9 Å². The molecule has 0 aromatic carbocycles. The van der Waals surface area contributed by atoms with Crippen LogP contribution in [-0.4, -0.2) is 66.1 Å². The van der Waals surface area contributed by atoms with E-state index in [9.17, 15) is 14.4 Å². The molecular formula is C18H29N3O4S. The van der Waals surface area contributed by atoms with Gasteiger partial charge in [0.2, 0.25) is 5.91 Å². The predicted octanol–water partition coefficient (Wildman–Crippen LogP) is 1.51. The second-order valence-electron chi connectivity index (χ2n) is 7.47. The van der Waals surface area contributed by atoms with E-state index < -0.39 is 0 Å².